The first-order valence-corrected chi connectivity index (χ1v) is 7.26. The summed E-state index contributed by atoms with van der Waals surface area (Å²) in [4.78, 5) is 18.5. The van der Waals surface area contributed by atoms with E-state index >= 15 is 0 Å². The summed E-state index contributed by atoms with van der Waals surface area (Å²) in [5.74, 6) is -0.00694. The van der Waals surface area contributed by atoms with Gasteiger partial charge in [-0.15, -0.1) is 0 Å². The zero-order chi connectivity index (χ0) is 13.5. The topological polar surface area (TPSA) is 42.9 Å². The van der Waals surface area contributed by atoms with Crippen LogP contribution >= 0.6 is 47.8 Å². The van der Waals surface area contributed by atoms with Gasteiger partial charge in [0.1, 0.15) is 10.3 Å². The van der Waals surface area contributed by atoms with Crippen LogP contribution in [0.1, 0.15) is 17.4 Å². The lowest BCUT2D eigenvalue weighted by Crippen LogP contribution is -1.94. The Morgan fingerprint density at radius 1 is 0.944 bits per heavy atom. The standard InChI is InChI=1S/C7H6BrNO.C5H3Br2N/c1-5(10)7-3-2-6(8)4-9-7;6-4-1-2-5(7)8-3-4/h2-4H,1H3;1-3H. The number of aromatic nitrogens is 2. The van der Waals surface area contributed by atoms with Gasteiger partial charge in [-0.2, -0.15) is 0 Å². The summed E-state index contributed by atoms with van der Waals surface area (Å²) < 4.78 is 2.75. The number of halogens is 3. The van der Waals surface area contributed by atoms with Gasteiger partial charge in [0, 0.05) is 28.3 Å². The Hall–Kier alpha value is -0.590. The van der Waals surface area contributed by atoms with Crippen LogP contribution in [0.25, 0.3) is 0 Å². The number of pyridine rings is 2. The minimum atomic E-state index is -0.00694. The molecule has 0 aliphatic carbocycles. The minimum absolute atomic E-state index is 0.00694. The van der Waals surface area contributed by atoms with Crippen LogP contribution in [0.5, 0.6) is 0 Å². The number of hydrogen-bond donors (Lipinski definition) is 0. The molecule has 0 saturated carbocycles. The Morgan fingerprint density at radius 2 is 1.50 bits per heavy atom. The first kappa shape index (κ1) is 15.5. The van der Waals surface area contributed by atoms with Gasteiger partial charge in [-0.05, 0) is 72.1 Å². The Balaban J connectivity index is 0.000000184. The van der Waals surface area contributed by atoms with E-state index in [-0.39, 0.29) is 5.78 Å². The molecule has 3 nitrogen and oxygen atoms in total. The fourth-order valence-corrected chi connectivity index (χ4v) is 1.65. The summed E-state index contributed by atoms with van der Waals surface area (Å²) in [6.07, 6.45) is 3.35. The smallest absolute Gasteiger partial charge is 0.178 e. The number of hydrogen-bond acceptors (Lipinski definition) is 3. The molecule has 0 N–H and O–H groups in total. The Morgan fingerprint density at radius 3 is 1.83 bits per heavy atom. The molecule has 0 bridgehead atoms. The molecular weight excluding hydrogens is 428 g/mol. The van der Waals surface area contributed by atoms with Crippen molar-refractivity contribution in [2.24, 2.45) is 0 Å². The number of ketones is 1. The average molecular weight is 437 g/mol. The van der Waals surface area contributed by atoms with Gasteiger partial charge in [0.05, 0.1) is 0 Å². The van der Waals surface area contributed by atoms with Gasteiger partial charge in [0.15, 0.2) is 5.78 Å². The summed E-state index contributed by atoms with van der Waals surface area (Å²) >= 11 is 9.70. The van der Waals surface area contributed by atoms with E-state index in [4.69, 9.17) is 0 Å². The van der Waals surface area contributed by atoms with E-state index in [2.05, 4.69) is 57.8 Å². The van der Waals surface area contributed by atoms with Crippen LogP contribution < -0.4 is 0 Å². The monoisotopic (exact) mass is 434 g/mol. The second kappa shape index (κ2) is 7.76. The van der Waals surface area contributed by atoms with Crippen molar-refractivity contribution in [3.05, 3.63) is 55.9 Å². The van der Waals surface area contributed by atoms with Crippen LogP contribution in [-0.4, -0.2) is 15.8 Å². The summed E-state index contributed by atoms with van der Waals surface area (Å²) in [6.45, 7) is 1.50. The highest BCUT2D eigenvalue weighted by Crippen LogP contribution is 2.10. The predicted octanol–water partition coefficient (Wildman–Crippen LogP) is 4.65. The van der Waals surface area contributed by atoms with E-state index in [0.717, 1.165) is 13.5 Å². The second-order valence-corrected chi connectivity index (χ2v) is 5.86. The molecule has 2 rings (SSSR count). The van der Waals surface area contributed by atoms with E-state index in [1.807, 2.05) is 12.1 Å². The highest BCUT2D eigenvalue weighted by Gasteiger charge is 1.97. The second-order valence-electron chi connectivity index (χ2n) is 3.22. The molecule has 0 saturated heterocycles. The van der Waals surface area contributed by atoms with Crippen molar-refractivity contribution in [1.29, 1.82) is 0 Å². The fourth-order valence-electron chi connectivity index (χ4n) is 0.942. The molecule has 94 valence electrons. The Labute approximate surface area is 130 Å². The van der Waals surface area contributed by atoms with E-state index in [1.165, 1.54) is 6.92 Å². The SMILES string of the molecule is Brc1ccc(Br)nc1.CC(=O)c1ccc(Br)cn1. The summed E-state index contributed by atoms with van der Waals surface area (Å²) in [6, 6.07) is 7.29. The maximum Gasteiger partial charge on any atom is 0.178 e. The third-order valence-corrected chi connectivity index (χ3v) is 3.19. The average Bonchev–Trinajstić information content (AvgIpc) is 2.34. The molecule has 2 aromatic heterocycles. The molecule has 6 heteroatoms. The van der Waals surface area contributed by atoms with Crippen molar-refractivity contribution >= 4 is 53.6 Å². The number of nitrogens with zero attached hydrogens (tertiary/aromatic N) is 2. The van der Waals surface area contributed by atoms with Crippen molar-refractivity contribution in [2.75, 3.05) is 0 Å². The van der Waals surface area contributed by atoms with Crippen LogP contribution in [0, 0.1) is 0 Å². The molecule has 0 fully saturated rings. The quantitative estimate of drug-likeness (QED) is 0.482. The minimum Gasteiger partial charge on any atom is -0.293 e. The molecular formula is C12H9Br3N2O. The lowest BCUT2D eigenvalue weighted by molar-refractivity contribution is 0.101. The lowest BCUT2D eigenvalue weighted by atomic mass is 10.3. The first-order valence-electron chi connectivity index (χ1n) is 4.88. The van der Waals surface area contributed by atoms with Gasteiger partial charge in [0.25, 0.3) is 0 Å². The van der Waals surface area contributed by atoms with E-state index < -0.39 is 0 Å². The molecule has 2 heterocycles. The van der Waals surface area contributed by atoms with Gasteiger partial charge in [-0.25, -0.2) is 4.98 Å². The van der Waals surface area contributed by atoms with E-state index in [0.29, 0.717) is 5.69 Å². The molecule has 0 spiro atoms. The van der Waals surface area contributed by atoms with Crippen LogP contribution in [-0.2, 0) is 0 Å². The van der Waals surface area contributed by atoms with E-state index in [1.54, 1.807) is 24.5 Å². The summed E-state index contributed by atoms with van der Waals surface area (Å²) in [5.41, 5.74) is 0.503. The number of carbonyl (C=O) groups excluding carboxylic acids is 1. The van der Waals surface area contributed by atoms with Crippen molar-refractivity contribution in [1.82, 2.24) is 9.97 Å². The van der Waals surface area contributed by atoms with Crippen molar-refractivity contribution < 1.29 is 4.79 Å². The van der Waals surface area contributed by atoms with Crippen LogP contribution in [0.3, 0.4) is 0 Å². The summed E-state index contributed by atoms with van der Waals surface area (Å²) in [7, 11) is 0. The number of carbonyl (C=O) groups is 1. The van der Waals surface area contributed by atoms with Crippen LogP contribution in [0.15, 0.2) is 50.2 Å². The molecule has 0 aromatic carbocycles. The van der Waals surface area contributed by atoms with Crippen molar-refractivity contribution in [3.8, 4) is 0 Å². The molecule has 0 aliphatic heterocycles. The first-order chi connectivity index (χ1) is 8.49. The normalized spacial score (nSPS) is 9.33. The number of Topliss-reactive ketones (excluding diaryl/α,β-unsaturated/α-hetero) is 1. The molecule has 0 aliphatic rings. The highest BCUT2D eigenvalue weighted by atomic mass is 79.9. The zero-order valence-corrected chi connectivity index (χ0v) is 14.2. The third-order valence-electron chi connectivity index (χ3n) is 1.78. The Bertz CT molecular complexity index is 491. The Kier molecular flexibility index (Phi) is 6.67. The largest absolute Gasteiger partial charge is 0.293 e. The van der Waals surface area contributed by atoms with Gasteiger partial charge in [0.2, 0.25) is 0 Å². The molecule has 0 unspecified atom stereocenters. The van der Waals surface area contributed by atoms with Gasteiger partial charge in [-0.1, -0.05) is 0 Å². The zero-order valence-electron chi connectivity index (χ0n) is 9.40. The molecule has 2 aromatic rings. The van der Waals surface area contributed by atoms with Crippen LogP contribution in [0.2, 0.25) is 0 Å². The molecule has 0 amide bonds. The molecule has 0 atom stereocenters. The maximum atomic E-state index is 10.7. The molecule has 0 radical (unpaired) electrons. The van der Waals surface area contributed by atoms with E-state index in [9.17, 15) is 4.79 Å². The van der Waals surface area contributed by atoms with Gasteiger partial charge < -0.3 is 0 Å². The van der Waals surface area contributed by atoms with Gasteiger partial charge in [-0.3, -0.25) is 9.78 Å². The maximum absolute atomic E-state index is 10.7. The lowest BCUT2D eigenvalue weighted by Gasteiger charge is -1.92. The third kappa shape index (κ3) is 5.84. The summed E-state index contributed by atoms with van der Waals surface area (Å²) in [5, 5.41) is 0. The van der Waals surface area contributed by atoms with Gasteiger partial charge >= 0.3 is 0 Å². The fraction of sp³-hybridized carbons (Fsp3) is 0.0833. The van der Waals surface area contributed by atoms with Crippen LogP contribution in [0.4, 0.5) is 0 Å². The van der Waals surface area contributed by atoms with Crippen molar-refractivity contribution in [2.45, 2.75) is 6.92 Å². The van der Waals surface area contributed by atoms with Crippen molar-refractivity contribution in [3.63, 3.8) is 0 Å². The molecule has 18 heavy (non-hydrogen) atoms. The number of rotatable bonds is 1. The highest BCUT2D eigenvalue weighted by molar-refractivity contribution is 9.11. The predicted molar refractivity (Wildman–Crippen MR) is 81.6 cm³/mol.